The number of rotatable bonds is 7. The molecule has 2 N–H and O–H groups in total. The molecule has 0 spiro atoms. The van der Waals surface area contributed by atoms with Gasteiger partial charge in [-0.25, -0.2) is 4.79 Å². The fourth-order valence-electron chi connectivity index (χ4n) is 2.66. The molecule has 0 aliphatic carbocycles. The quantitative estimate of drug-likeness (QED) is 0.255. The molecule has 1 aromatic carbocycles. The lowest BCUT2D eigenvalue weighted by Crippen LogP contribution is -2.43. The van der Waals surface area contributed by atoms with Gasteiger partial charge in [0.2, 0.25) is 5.91 Å². The number of hydrogen-bond acceptors (Lipinski definition) is 5. The van der Waals surface area contributed by atoms with Crippen molar-refractivity contribution >= 4 is 41.9 Å². The van der Waals surface area contributed by atoms with Crippen molar-refractivity contribution in [1.29, 1.82) is 0 Å². The summed E-state index contributed by atoms with van der Waals surface area (Å²) < 4.78 is 10.6. The van der Waals surface area contributed by atoms with E-state index in [1.54, 1.807) is 21.3 Å². The van der Waals surface area contributed by atoms with Crippen LogP contribution in [0.15, 0.2) is 23.2 Å². The second-order valence-electron chi connectivity index (χ2n) is 5.71. The molecular formula is C17H26IN5O4. The Morgan fingerprint density at radius 1 is 1.33 bits per heavy atom. The van der Waals surface area contributed by atoms with Crippen molar-refractivity contribution in [2.75, 3.05) is 47.9 Å². The Hall–Kier alpha value is -2.24. The van der Waals surface area contributed by atoms with Crippen molar-refractivity contribution in [2.24, 2.45) is 4.99 Å². The molecule has 1 aliphatic heterocycles. The van der Waals surface area contributed by atoms with Crippen LogP contribution in [0.5, 0.6) is 11.5 Å². The molecule has 1 saturated heterocycles. The number of imide groups is 1. The molecule has 150 valence electrons. The van der Waals surface area contributed by atoms with Crippen LogP contribution >= 0.6 is 24.0 Å². The highest BCUT2D eigenvalue weighted by molar-refractivity contribution is 14.0. The van der Waals surface area contributed by atoms with Crippen LogP contribution in [0.3, 0.4) is 0 Å². The van der Waals surface area contributed by atoms with E-state index in [2.05, 4.69) is 15.6 Å². The fraction of sp³-hybridized carbons (Fsp3) is 0.471. The van der Waals surface area contributed by atoms with Crippen molar-refractivity contribution in [3.8, 4) is 11.5 Å². The minimum absolute atomic E-state index is 0. The molecule has 0 aromatic heterocycles. The third-order valence-corrected chi connectivity index (χ3v) is 4.03. The zero-order valence-corrected chi connectivity index (χ0v) is 18.3. The zero-order valence-electron chi connectivity index (χ0n) is 15.9. The molecule has 1 aliphatic rings. The van der Waals surface area contributed by atoms with Gasteiger partial charge >= 0.3 is 6.03 Å². The molecule has 0 radical (unpaired) electrons. The monoisotopic (exact) mass is 491 g/mol. The highest BCUT2D eigenvalue weighted by Crippen LogP contribution is 2.25. The molecule has 3 amide bonds. The number of benzene rings is 1. The van der Waals surface area contributed by atoms with E-state index < -0.39 is 0 Å². The summed E-state index contributed by atoms with van der Waals surface area (Å²) in [6, 6.07) is 5.29. The van der Waals surface area contributed by atoms with Gasteiger partial charge in [-0.15, -0.1) is 24.0 Å². The number of guanidine groups is 1. The predicted octanol–water partition coefficient (Wildman–Crippen LogP) is 0.881. The number of aliphatic imine (C=N–C) groups is 1. The number of carbonyl (C=O) groups excluding carboxylic acids is 2. The number of amides is 3. The number of hydrogen-bond donors (Lipinski definition) is 2. The van der Waals surface area contributed by atoms with Gasteiger partial charge in [-0.3, -0.25) is 14.7 Å². The molecule has 10 heteroatoms. The summed E-state index contributed by atoms with van der Waals surface area (Å²) in [5.41, 5.74) is 0.979. The van der Waals surface area contributed by atoms with E-state index in [9.17, 15) is 9.59 Å². The van der Waals surface area contributed by atoms with Crippen LogP contribution in [0, 0.1) is 0 Å². The van der Waals surface area contributed by atoms with E-state index in [-0.39, 0.29) is 49.0 Å². The Morgan fingerprint density at radius 3 is 2.63 bits per heavy atom. The van der Waals surface area contributed by atoms with Gasteiger partial charge in [0, 0.05) is 45.4 Å². The smallest absolute Gasteiger partial charge is 0.324 e. The first-order valence-corrected chi connectivity index (χ1v) is 8.21. The second-order valence-corrected chi connectivity index (χ2v) is 5.71. The van der Waals surface area contributed by atoms with E-state index in [4.69, 9.17) is 9.47 Å². The molecule has 1 aromatic rings. The van der Waals surface area contributed by atoms with Gasteiger partial charge in [0.1, 0.15) is 11.5 Å². The highest BCUT2D eigenvalue weighted by atomic mass is 127. The van der Waals surface area contributed by atoms with Gasteiger partial charge < -0.3 is 25.0 Å². The fourth-order valence-corrected chi connectivity index (χ4v) is 2.66. The Labute approximate surface area is 176 Å². The number of urea groups is 1. The second kappa shape index (κ2) is 10.8. The lowest BCUT2D eigenvalue weighted by molar-refractivity contribution is -0.124. The van der Waals surface area contributed by atoms with Gasteiger partial charge in [-0.05, 0) is 12.1 Å². The van der Waals surface area contributed by atoms with Crippen LogP contribution in [0.2, 0.25) is 0 Å². The number of nitrogens with zero attached hydrogens (tertiary/aromatic N) is 3. The van der Waals surface area contributed by atoms with Gasteiger partial charge in [0.15, 0.2) is 5.96 Å². The van der Waals surface area contributed by atoms with Gasteiger partial charge in [0.25, 0.3) is 0 Å². The number of methoxy groups -OCH3 is 2. The molecule has 0 unspecified atom stereocenters. The normalized spacial score (nSPS) is 13.8. The van der Waals surface area contributed by atoms with Gasteiger partial charge in [0.05, 0.1) is 20.8 Å². The summed E-state index contributed by atoms with van der Waals surface area (Å²) in [5.74, 6) is 1.88. The van der Waals surface area contributed by atoms with E-state index in [1.165, 1.54) is 4.90 Å². The molecule has 9 nitrogen and oxygen atoms in total. The van der Waals surface area contributed by atoms with E-state index in [0.717, 1.165) is 17.1 Å². The molecule has 27 heavy (non-hydrogen) atoms. The average molecular weight is 491 g/mol. The molecule has 0 saturated carbocycles. The van der Waals surface area contributed by atoms with Gasteiger partial charge in [-0.1, -0.05) is 0 Å². The van der Waals surface area contributed by atoms with Crippen LogP contribution in [-0.4, -0.2) is 75.6 Å². The summed E-state index contributed by atoms with van der Waals surface area (Å²) in [4.78, 5) is 30.5. The van der Waals surface area contributed by atoms with Crippen LogP contribution in [0.4, 0.5) is 4.79 Å². The highest BCUT2D eigenvalue weighted by Gasteiger charge is 2.27. The SMILES string of the molecule is CN=C(NCCN1C(=O)CNC1=O)N(C)Cc1ccc(OC)cc1OC.I. The number of nitrogens with one attached hydrogen (secondary N) is 2. The summed E-state index contributed by atoms with van der Waals surface area (Å²) in [6.45, 7) is 1.32. The summed E-state index contributed by atoms with van der Waals surface area (Å²) >= 11 is 0. The van der Waals surface area contributed by atoms with Crippen LogP contribution < -0.4 is 20.1 Å². The summed E-state index contributed by atoms with van der Waals surface area (Å²) in [6.07, 6.45) is 0. The zero-order chi connectivity index (χ0) is 19.1. The minimum Gasteiger partial charge on any atom is -0.497 e. The summed E-state index contributed by atoms with van der Waals surface area (Å²) in [5, 5.41) is 5.65. The standard InChI is InChI=1S/C17H25N5O4.HI/c1-18-16(19-7-8-22-15(23)10-20-17(22)24)21(2)11-12-5-6-13(25-3)9-14(12)26-4;/h5-6,9H,7-8,10-11H2,1-4H3,(H,18,19)(H,20,24);1H. The maximum Gasteiger partial charge on any atom is 0.324 e. The topological polar surface area (TPSA) is 95.5 Å². The van der Waals surface area contributed by atoms with Crippen molar-refractivity contribution in [2.45, 2.75) is 6.54 Å². The lowest BCUT2D eigenvalue weighted by Gasteiger charge is -2.24. The first-order valence-electron chi connectivity index (χ1n) is 8.21. The maximum absolute atomic E-state index is 11.6. The van der Waals surface area contributed by atoms with Crippen LogP contribution in [0.25, 0.3) is 0 Å². The van der Waals surface area contributed by atoms with E-state index >= 15 is 0 Å². The molecule has 1 heterocycles. The van der Waals surface area contributed by atoms with Gasteiger partial charge in [-0.2, -0.15) is 0 Å². The number of carbonyl (C=O) groups is 2. The maximum atomic E-state index is 11.6. The predicted molar refractivity (Wildman–Crippen MR) is 113 cm³/mol. The number of ether oxygens (including phenoxy) is 2. The van der Waals surface area contributed by atoms with Crippen molar-refractivity contribution in [3.05, 3.63) is 23.8 Å². The van der Waals surface area contributed by atoms with Crippen molar-refractivity contribution in [3.63, 3.8) is 0 Å². The Kier molecular flexibility index (Phi) is 9.12. The number of halogens is 1. The average Bonchev–Trinajstić information content (AvgIpc) is 2.97. The first-order chi connectivity index (χ1) is 12.5. The molecular weight excluding hydrogens is 465 g/mol. The third kappa shape index (κ3) is 5.88. The van der Waals surface area contributed by atoms with Crippen LogP contribution in [0.1, 0.15) is 5.56 Å². The Balaban J connectivity index is 0.00000364. The van der Waals surface area contributed by atoms with E-state index in [1.807, 2.05) is 30.1 Å². The minimum atomic E-state index is -0.358. The summed E-state index contributed by atoms with van der Waals surface area (Å²) in [7, 11) is 6.80. The van der Waals surface area contributed by atoms with Crippen molar-refractivity contribution in [1.82, 2.24) is 20.4 Å². The molecule has 0 bridgehead atoms. The first kappa shape index (κ1) is 22.8. The molecule has 1 fully saturated rings. The van der Waals surface area contributed by atoms with Crippen LogP contribution in [-0.2, 0) is 11.3 Å². The largest absolute Gasteiger partial charge is 0.497 e. The van der Waals surface area contributed by atoms with Crippen molar-refractivity contribution < 1.29 is 19.1 Å². The van der Waals surface area contributed by atoms with E-state index in [0.29, 0.717) is 19.0 Å². The lowest BCUT2D eigenvalue weighted by atomic mass is 10.2. The molecule has 0 atom stereocenters. The Bertz CT molecular complexity index is 682. The Morgan fingerprint density at radius 2 is 2.07 bits per heavy atom. The third-order valence-electron chi connectivity index (χ3n) is 4.03. The molecule has 2 rings (SSSR count).